The minimum atomic E-state index is 0.0666. The molecule has 1 unspecified atom stereocenters. The van der Waals surface area contributed by atoms with Gasteiger partial charge in [-0.2, -0.15) is 0 Å². The van der Waals surface area contributed by atoms with Crippen molar-refractivity contribution >= 4 is 0 Å². The van der Waals surface area contributed by atoms with Crippen LogP contribution in [0.2, 0.25) is 0 Å². The smallest absolute Gasteiger partial charge is 0.126 e. The number of furan rings is 1. The van der Waals surface area contributed by atoms with Crippen molar-refractivity contribution in [3.63, 3.8) is 0 Å². The van der Waals surface area contributed by atoms with Gasteiger partial charge in [-0.05, 0) is 31.4 Å². The van der Waals surface area contributed by atoms with Crippen LogP contribution in [0.4, 0.5) is 0 Å². The van der Waals surface area contributed by atoms with Gasteiger partial charge < -0.3 is 9.73 Å². The van der Waals surface area contributed by atoms with E-state index in [1.165, 1.54) is 5.56 Å². The number of rotatable bonds is 1. The molecular formula is C10H15NO. The van der Waals surface area contributed by atoms with Crippen molar-refractivity contribution in [3.8, 4) is 0 Å². The van der Waals surface area contributed by atoms with E-state index in [0.717, 1.165) is 25.1 Å². The van der Waals surface area contributed by atoms with Crippen LogP contribution in [-0.2, 0) is 12.0 Å². The molecule has 0 aliphatic carbocycles. The number of nitrogens with one attached hydrogen (secondary N) is 1. The fourth-order valence-corrected chi connectivity index (χ4v) is 1.86. The molecule has 1 aliphatic heterocycles. The Labute approximate surface area is 73.0 Å². The highest BCUT2D eigenvalue weighted by Gasteiger charge is 2.32. The van der Waals surface area contributed by atoms with Gasteiger partial charge in [-0.3, -0.25) is 0 Å². The normalized spacial score (nSPS) is 28.5. The summed E-state index contributed by atoms with van der Waals surface area (Å²) in [5.41, 5.74) is 1.44. The van der Waals surface area contributed by atoms with Gasteiger partial charge in [-0.1, -0.05) is 6.92 Å². The monoisotopic (exact) mass is 165 g/mol. The number of hydrogen-bond donors (Lipinski definition) is 1. The van der Waals surface area contributed by atoms with Crippen LogP contribution >= 0.6 is 0 Å². The molecule has 2 rings (SSSR count). The van der Waals surface area contributed by atoms with Crippen molar-refractivity contribution in [2.24, 2.45) is 0 Å². The second-order valence-corrected chi connectivity index (χ2v) is 3.64. The minimum absolute atomic E-state index is 0.0666. The quantitative estimate of drug-likeness (QED) is 0.689. The molecule has 0 spiro atoms. The van der Waals surface area contributed by atoms with E-state index in [4.69, 9.17) is 4.42 Å². The Balaban J connectivity index is 2.44. The van der Waals surface area contributed by atoms with E-state index in [2.05, 4.69) is 25.2 Å². The maximum Gasteiger partial charge on any atom is 0.126 e. The molecule has 2 heteroatoms. The Morgan fingerprint density at radius 1 is 1.67 bits per heavy atom. The summed E-state index contributed by atoms with van der Waals surface area (Å²) < 4.78 is 5.50. The van der Waals surface area contributed by atoms with E-state index < -0.39 is 0 Å². The molecule has 0 saturated heterocycles. The molecule has 12 heavy (non-hydrogen) atoms. The Morgan fingerprint density at radius 3 is 3.25 bits per heavy atom. The molecule has 66 valence electrons. The van der Waals surface area contributed by atoms with Crippen molar-refractivity contribution < 1.29 is 4.42 Å². The Hall–Kier alpha value is -0.760. The summed E-state index contributed by atoms with van der Waals surface area (Å²) >= 11 is 0. The third-order valence-corrected chi connectivity index (χ3v) is 2.86. The zero-order valence-corrected chi connectivity index (χ0v) is 7.68. The van der Waals surface area contributed by atoms with Crippen LogP contribution in [0.25, 0.3) is 0 Å². The van der Waals surface area contributed by atoms with Crippen LogP contribution in [0.15, 0.2) is 16.7 Å². The van der Waals surface area contributed by atoms with Gasteiger partial charge in [0, 0.05) is 6.54 Å². The Kier molecular flexibility index (Phi) is 1.72. The largest absolute Gasteiger partial charge is 0.467 e. The predicted octanol–water partition coefficient (Wildman–Crippen LogP) is 2.05. The van der Waals surface area contributed by atoms with E-state index in [9.17, 15) is 0 Å². The van der Waals surface area contributed by atoms with Crippen molar-refractivity contribution in [2.75, 3.05) is 6.54 Å². The molecule has 2 heterocycles. The molecule has 2 nitrogen and oxygen atoms in total. The van der Waals surface area contributed by atoms with Crippen LogP contribution in [0.3, 0.4) is 0 Å². The van der Waals surface area contributed by atoms with Crippen molar-refractivity contribution in [2.45, 2.75) is 32.2 Å². The zero-order chi connectivity index (χ0) is 8.60. The summed E-state index contributed by atoms with van der Waals surface area (Å²) in [6, 6.07) is 2.09. The first kappa shape index (κ1) is 7.87. The third-order valence-electron chi connectivity index (χ3n) is 2.86. The summed E-state index contributed by atoms with van der Waals surface area (Å²) in [6.07, 6.45) is 3.97. The molecule has 1 aliphatic rings. The van der Waals surface area contributed by atoms with Gasteiger partial charge in [0.25, 0.3) is 0 Å². The van der Waals surface area contributed by atoms with Crippen LogP contribution in [0.5, 0.6) is 0 Å². The van der Waals surface area contributed by atoms with Crippen molar-refractivity contribution in [3.05, 3.63) is 23.7 Å². The highest BCUT2D eigenvalue weighted by Crippen LogP contribution is 2.31. The molecular weight excluding hydrogens is 150 g/mol. The van der Waals surface area contributed by atoms with Crippen molar-refractivity contribution in [1.29, 1.82) is 0 Å². The Bertz CT molecular complexity index is 279. The van der Waals surface area contributed by atoms with Gasteiger partial charge in [-0.25, -0.2) is 0 Å². The minimum Gasteiger partial charge on any atom is -0.467 e. The standard InChI is InChI=1S/C10H15NO/c1-3-10(2)9-8(4-6-11-10)5-7-12-9/h5,7,11H,3-4,6H2,1-2H3. The second kappa shape index (κ2) is 2.63. The average Bonchev–Trinajstić information content (AvgIpc) is 2.54. The van der Waals surface area contributed by atoms with Crippen LogP contribution in [-0.4, -0.2) is 6.54 Å². The third kappa shape index (κ3) is 0.985. The maximum atomic E-state index is 5.50. The molecule has 0 amide bonds. The Morgan fingerprint density at radius 2 is 2.50 bits per heavy atom. The number of hydrogen-bond acceptors (Lipinski definition) is 2. The van der Waals surface area contributed by atoms with E-state index in [1.54, 1.807) is 6.26 Å². The first-order valence-corrected chi connectivity index (χ1v) is 4.58. The summed E-state index contributed by atoms with van der Waals surface area (Å²) in [6.45, 7) is 5.45. The van der Waals surface area contributed by atoms with Gasteiger partial charge >= 0.3 is 0 Å². The van der Waals surface area contributed by atoms with Gasteiger partial charge in [0.05, 0.1) is 11.8 Å². The lowest BCUT2D eigenvalue weighted by Crippen LogP contribution is -2.43. The fraction of sp³-hybridized carbons (Fsp3) is 0.600. The summed E-state index contributed by atoms with van der Waals surface area (Å²) in [7, 11) is 0. The molecule has 0 radical (unpaired) electrons. The second-order valence-electron chi connectivity index (χ2n) is 3.64. The highest BCUT2D eigenvalue weighted by molar-refractivity contribution is 5.27. The van der Waals surface area contributed by atoms with Crippen LogP contribution < -0.4 is 5.32 Å². The first-order valence-electron chi connectivity index (χ1n) is 4.58. The summed E-state index contributed by atoms with van der Waals surface area (Å²) in [5.74, 6) is 1.14. The van der Waals surface area contributed by atoms with E-state index in [-0.39, 0.29) is 5.54 Å². The SMILES string of the molecule is CCC1(C)NCCc2ccoc21. The first-order chi connectivity index (χ1) is 5.76. The summed E-state index contributed by atoms with van der Waals surface area (Å²) in [4.78, 5) is 0. The predicted molar refractivity (Wildman–Crippen MR) is 48.1 cm³/mol. The average molecular weight is 165 g/mol. The topological polar surface area (TPSA) is 25.2 Å². The molecule has 0 saturated carbocycles. The fourth-order valence-electron chi connectivity index (χ4n) is 1.86. The van der Waals surface area contributed by atoms with Gasteiger partial charge in [0.15, 0.2) is 0 Å². The molecule has 1 aromatic rings. The van der Waals surface area contributed by atoms with Crippen LogP contribution in [0, 0.1) is 0 Å². The summed E-state index contributed by atoms with van der Waals surface area (Å²) in [5, 5.41) is 3.49. The molecule has 1 aromatic heterocycles. The van der Waals surface area contributed by atoms with Crippen molar-refractivity contribution in [1.82, 2.24) is 5.32 Å². The molecule has 1 atom stereocenters. The van der Waals surface area contributed by atoms with Crippen LogP contribution in [0.1, 0.15) is 31.6 Å². The van der Waals surface area contributed by atoms with E-state index in [0.29, 0.717) is 0 Å². The lowest BCUT2D eigenvalue weighted by Gasteiger charge is -2.32. The highest BCUT2D eigenvalue weighted by atomic mass is 16.3. The molecule has 0 bridgehead atoms. The zero-order valence-electron chi connectivity index (χ0n) is 7.68. The van der Waals surface area contributed by atoms with Gasteiger partial charge in [0.1, 0.15) is 5.76 Å². The lowest BCUT2D eigenvalue weighted by molar-refractivity contribution is 0.268. The van der Waals surface area contributed by atoms with E-state index >= 15 is 0 Å². The molecule has 0 fully saturated rings. The lowest BCUT2D eigenvalue weighted by atomic mass is 9.88. The molecule has 1 N–H and O–H groups in total. The maximum absolute atomic E-state index is 5.50. The van der Waals surface area contributed by atoms with E-state index in [1.807, 2.05) is 0 Å². The number of fused-ring (bicyclic) bond motifs is 1. The van der Waals surface area contributed by atoms with Gasteiger partial charge in [-0.15, -0.1) is 0 Å². The van der Waals surface area contributed by atoms with Gasteiger partial charge in [0.2, 0.25) is 0 Å². The molecule has 0 aromatic carbocycles.